The summed E-state index contributed by atoms with van der Waals surface area (Å²) in [6.45, 7) is 26.2. The van der Waals surface area contributed by atoms with Gasteiger partial charge in [0, 0.05) is 6.92 Å². The minimum absolute atomic E-state index is 0.176. The maximum Gasteiger partial charge on any atom is 0.320 e. The molecule has 0 bridgehead atoms. The van der Waals surface area contributed by atoms with Gasteiger partial charge in [-0.1, -0.05) is 231 Å². The highest BCUT2D eigenvalue weighted by Gasteiger charge is 2.25. The monoisotopic (exact) mass is 1170 g/mol. The highest BCUT2D eigenvalue weighted by molar-refractivity contribution is 5.79. The van der Waals surface area contributed by atoms with E-state index >= 15 is 0 Å². The summed E-state index contributed by atoms with van der Waals surface area (Å²) in [5.41, 5.74) is 0. The summed E-state index contributed by atoms with van der Waals surface area (Å²) < 4.78 is 38.3. The molecule has 0 rings (SSSR count). The average Bonchev–Trinajstić information content (AvgIpc) is 3.45. The zero-order chi connectivity index (χ0) is 62.3. The summed E-state index contributed by atoms with van der Waals surface area (Å²) in [4.78, 5) is 91.3. The van der Waals surface area contributed by atoms with Crippen molar-refractivity contribution in [1.29, 1.82) is 0 Å². The maximum absolute atomic E-state index is 13.6. The molecule has 82 heavy (non-hydrogen) atoms. The van der Waals surface area contributed by atoms with E-state index in [4.69, 9.17) is 28.4 Å². The summed E-state index contributed by atoms with van der Waals surface area (Å²) >= 11 is 0. The molecule has 0 aliphatic carbocycles. The van der Waals surface area contributed by atoms with Crippen molar-refractivity contribution in [2.45, 2.75) is 295 Å². The molecule has 3 atom stereocenters. The van der Waals surface area contributed by atoms with Gasteiger partial charge in [0.1, 0.15) is 12.2 Å². The number of nitrogens with zero attached hydrogens (tertiary/aromatic N) is 2. The van der Waals surface area contributed by atoms with Crippen molar-refractivity contribution in [3.8, 4) is 0 Å². The van der Waals surface area contributed by atoms with Crippen LogP contribution in [0.15, 0.2) is 12.2 Å². The second-order valence-corrected chi connectivity index (χ2v) is 21.2. The van der Waals surface area contributed by atoms with E-state index < -0.39 is 48.0 Å². The lowest BCUT2D eigenvalue weighted by Gasteiger charge is -2.23. The van der Waals surface area contributed by atoms with Crippen molar-refractivity contribution in [3.05, 3.63) is 12.2 Å². The molecule has 0 saturated heterocycles. The Morgan fingerprint density at radius 1 is 0.329 bits per heavy atom. The number of ether oxygens (including phenoxy) is 7. The fraction of sp³-hybridized carbons (Fsp3) is 0.864. The molecule has 0 saturated carbocycles. The molecular formula is C66H126N2O14. The quantitative estimate of drug-likeness (QED) is 0.0242. The SMILES string of the molecule is CC.CCCC.CCCCCCCCOC(=O)CN(CC(=O)OCCCCCCCC)CC(=O)OC(/C=C\C(CC(C)CC)OC(=O)CN(CC(=O)OCCCCCCCC)CC(=O)OCCCCCCCC)CC.CCCOC(C)=O. The molecule has 16 nitrogen and oxygen atoms in total. The van der Waals surface area contributed by atoms with Gasteiger partial charge in [0.2, 0.25) is 0 Å². The van der Waals surface area contributed by atoms with Crippen LogP contribution >= 0.6 is 0 Å². The fourth-order valence-corrected chi connectivity index (χ4v) is 7.78. The van der Waals surface area contributed by atoms with E-state index in [-0.39, 0.29) is 77.6 Å². The molecule has 0 spiro atoms. The molecular weight excluding hydrogens is 1040 g/mol. The predicted molar refractivity (Wildman–Crippen MR) is 332 cm³/mol. The molecule has 0 heterocycles. The standard InChI is InChI=1S/C55H100N2O12.C5H10O2.C4H10.C2H6/c1-8-14-18-22-26-30-36-64-50(58)41-56(42-51(59)65-37-31-27-23-19-15-9-2)45-54(62)68-48(13-6)34-35-49(40-47(7)12-5)69-55(63)46-57(43-52(60)66-38-32-28-24-20-16-10-3)44-53(61)67-39-33-29-25-21-17-11-4;1-3-4-7-5(2)6;1-3-4-2;1-2/h34-35,47-49H,8-33,36-46H2,1-7H3;3-4H2,1-2H3;3-4H2,1-2H3;1-2H3/b35-34-;;;. The van der Waals surface area contributed by atoms with E-state index in [1.54, 1.807) is 12.2 Å². The van der Waals surface area contributed by atoms with Gasteiger partial charge in [-0.15, -0.1) is 0 Å². The van der Waals surface area contributed by atoms with Crippen LogP contribution in [0.3, 0.4) is 0 Å². The second kappa shape index (κ2) is 66.1. The summed E-state index contributed by atoms with van der Waals surface area (Å²) in [7, 11) is 0. The van der Waals surface area contributed by atoms with Crippen molar-refractivity contribution in [2.75, 3.05) is 72.3 Å². The first-order valence-corrected chi connectivity index (χ1v) is 32.9. The lowest BCUT2D eigenvalue weighted by atomic mass is 10.0. The van der Waals surface area contributed by atoms with Gasteiger partial charge in [-0.25, -0.2) is 0 Å². The van der Waals surface area contributed by atoms with Crippen molar-refractivity contribution in [1.82, 2.24) is 9.80 Å². The highest BCUT2D eigenvalue weighted by atomic mass is 16.6. The molecule has 0 aromatic heterocycles. The number of hydrogen-bond acceptors (Lipinski definition) is 16. The first kappa shape index (κ1) is 84.4. The Bertz CT molecular complexity index is 1460. The Balaban J connectivity index is -0.00000209. The lowest BCUT2D eigenvalue weighted by Crippen LogP contribution is -2.41. The van der Waals surface area contributed by atoms with Crippen molar-refractivity contribution in [3.63, 3.8) is 0 Å². The molecule has 0 amide bonds. The summed E-state index contributed by atoms with van der Waals surface area (Å²) in [5, 5.41) is 0. The third-order valence-corrected chi connectivity index (χ3v) is 13.0. The lowest BCUT2D eigenvalue weighted by molar-refractivity contribution is -0.156. The molecule has 0 aliphatic heterocycles. The minimum Gasteiger partial charge on any atom is -0.466 e. The van der Waals surface area contributed by atoms with Crippen molar-refractivity contribution >= 4 is 41.8 Å². The van der Waals surface area contributed by atoms with Crippen LogP contribution in [0.25, 0.3) is 0 Å². The van der Waals surface area contributed by atoms with Crippen LogP contribution < -0.4 is 0 Å². The molecule has 16 heteroatoms. The van der Waals surface area contributed by atoms with Crippen LogP contribution in [0.5, 0.6) is 0 Å². The first-order valence-electron chi connectivity index (χ1n) is 32.9. The summed E-state index contributed by atoms with van der Waals surface area (Å²) in [6, 6.07) is 0. The third-order valence-electron chi connectivity index (χ3n) is 13.0. The van der Waals surface area contributed by atoms with Crippen molar-refractivity contribution in [2.24, 2.45) is 5.92 Å². The van der Waals surface area contributed by atoms with E-state index in [1.165, 1.54) is 55.2 Å². The van der Waals surface area contributed by atoms with Gasteiger partial charge >= 0.3 is 41.8 Å². The molecule has 3 unspecified atom stereocenters. The highest BCUT2D eigenvalue weighted by Crippen LogP contribution is 2.16. The summed E-state index contributed by atoms with van der Waals surface area (Å²) in [6.07, 6.45) is 32.3. The molecule has 0 N–H and O–H groups in total. The second-order valence-electron chi connectivity index (χ2n) is 21.2. The van der Waals surface area contributed by atoms with Gasteiger partial charge in [0.15, 0.2) is 0 Å². The van der Waals surface area contributed by atoms with Gasteiger partial charge in [0.05, 0.1) is 72.3 Å². The Kier molecular flexibility index (Phi) is 68.0. The molecule has 0 aromatic carbocycles. The number of hydrogen-bond donors (Lipinski definition) is 0. The first-order chi connectivity index (χ1) is 39.6. The van der Waals surface area contributed by atoms with Gasteiger partial charge in [0.25, 0.3) is 0 Å². The molecule has 0 radical (unpaired) electrons. The largest absolute Gasteiger partial charge is 0.466 e. The number of unbranched alkanes of at least 4 members (excludes halogenated alkanes) is 21. The Morgan fingerprint density at radius 2 is 0.610 bits per heavy atom. The predicted octanol–water partition coefficient (Wildman–Crippen LogP) is 15.2. The smallest absolute Gasteiger partial charge is 0.320 e. The zero-order valence-corrected chi connectivity index (χ0v) is 55.0. The van der Waals surface area contributed by atoms with E-state index in [0.29, 0.717) is 19.4 Å². The van der Waals surface area contributed by atoms with Crippen LogP contribution in [-0.2, 0) is 66.7 Å². The fourth-order valence-electron chi connectivity index (χ4n) is 7.78. The van der Waals surface area contributed by atoms with Crippen LogP contribution in [-0.4, -0.2) is 136 Å². The molecule has 0 aliphatic rings. The molecule has 0 aromatic rings. The van der Waals surface area contributed by atoms with Gasteiger partial charge in [-0.3, -0.25) is 43.4 Å². The van der Waals surface area contributed by atoms with Gasteiger partial charge in [-0.05, 0) is 63.0 Å². The third kappa shape index (κ3) is 63.5. The van der Waals surface area contributed by atoms with E-state index in [0.717, 1.165) is 141 Å². The van der Waals surface area contributed by atoms with Crippen LogP contribution in [0, 0.1) is 5.92 Å². The Labute approximate surface area is 501 Å². The summed E-state index contributed by atoms with van der Waals surface area (Å²) in [5.74, 6) is -3.41. The number of carbonyl (C=O) groups excluding carboxylic acids is 7. The van der Waals surface area contributed by atoms with Crippen LogP contribution in [0.2, 0.25) is 0 Å². The average molecular weight is 1170 g/mol. The molecule has 484 valence electrons. The Hall–Kier alpha value is -4.05. The van der Waals surface area contributed by atoms with E-state index in [1.807, 2.05) is 41.5 Å². The number of rotatable bonds is 51. The normalized spacial score (nSPS) is 11.9. The van der Waals surface area contributed by atoms with E-state index in [9.17, 15) is 33.6 Å². The van der Waals surface area contributed by atoms with Crippen LogP contribution in [0.1, 0.15) is 283 Å². The van der Waals surface area contributed by atoms with Gasteiger partial charge < -0.3 is 33.2 Å². The van der Waals surface area contributed by atoms with Gasteiger partial charge in [-0.2, -0.15) is 0 Å². The number of carbonyl (C=O) groups is 7. The topological polar surface area (TPSA) is 191 Å². The zero-order valence-electron chi connectivity index (χ0n) is 55.0. The van der Waals surface area contributed by atoms with E-state index in [2.05, 4.69) is 46.3 Å². The maximum atomic E-state index is 13.6. The Morgan fingerprint density at radius 3 is 0.866 bits per heavy atom. The minimum atomic E-state index is -0.698. The molecule has 0 fully saturated rings. The van der Waals surface area contributed by atoms with Crippen LogP contribution in [0.4, 0.5) is 0 Å². The van der Waals surface area contributed by atoms with Crippen molar-refractivity contribution < 1.29 is 66.7 Å². The number of esters is 7.